The van der Waals surface area contributed by atoms with Gasteiger partial charge in [0.15, 0.2) is 18.9 Å². The minimum Gasteiger partial charge on any atom is -0.394 e. The first-order valence-corrected chi connectivity index (χ1v) is 47.6. The van der Waals surface area contributed by atoms with E-state index in [1.807, 2.05) is 6.08 Å². The molecule has 0 spiro atoms. The van der Waals surface area contributed by atoms with Crippen LogP contribution >= 0.6 is 0 Å². The molecule has 3 saturated heterocycles. The number of unbranched alkanes of at least 4 members (excludes halogenated alkanes) is 61. The Kier molecular flexibility index (Phi) is 68.3. The van der Waals surface area contributed by atoms with E-state index in [1.54, 1.807) is 6.08 Å². The summed E-state index contributed by atoms with van der Waals surface area (Å²) in [6.07, 6.45) is 66.5. The first-order valence-electron chi connectivity index (χ1n) is 47.6. The van der Waals surface area contributed by atoms with Crippen molar-refractivity contribution >= 4 is 5.91 Å². The lowest BCUT2D eigenvalue weighted by Crippen LogP contribution is -2.66. The molecule has 3 fully saturated rings. The SMILES string of the molecule is CCCCCCCCCCCCCCCCCCCCCCCCCC/C=C/CC/C=C/C(O)C(COC1OC(CO)C(OC2OC(CO)C(OC3OC(CO)C(O)C(O)C3O)C(O)C2O)C(O)C1O)NC(=O)CCCCCCCCCCCCCCCCCCCCCCCCCCCCCCCCCCCCCCC. The Morgan fingerprint density at radius 3 is 0.893 bits per heavy atom. The average Bonchev–Trinajstić information content (AvgIpc) is 0.781. The maximum absolute atomic E-state index is 13.5. The monoisotopic (exact) mass is 1600 g/mol. The Morgan fingerprint density at radius 2 is 0.571 bits per heavy atom. The van der Waals surface area contributed by atoms with Gasteiger partial charge in [0.2, 0.25) is 5.91 Å². The van der Waals surface area contributed by atoms with Gasteiger partial charge in [0.1, 0.15) is 73.2 Å². The van der Waals surface area contributed by atoms with E-state index in [4.69, 9.17) is 28.4 Å². The normalized spacial score (nSPS) is 25.0. The first-order chi connectivity index (χ1) is 54.8. The van der Waals surface area contributed by atoms with Crippen LogP contribution in [0.4, 0.5) is 0 Å². The Hall–Kier alpha value is -1.73. The Balaban J connectivity index is 1.31. The number of rotatable bonds is 79. The summed E-state index contributed by atoms with van der Waals surface area (Å²) in [5.74, 6) is -0.275. The maximum Gasteiger partial charge on any atom is 0.220 e. The van der Waals surface area contributed by atoms with Crippen molar-refractivity contribution in [2.75, 3.05) is 26.4 Å². The fourth-order valence-corrected chi connectivity index (χ4v) is 16.5. The maximum atomic E-state index is 13.5. The zero-order valence-electron chi connectivity index (χ0n) is 71.7. The number of amides is 1. The summed E-state index contributed by atoms with van der Waals surface area (Å²) < 4.78 is 34.5. The van der Waals surface area contributed by atoms with E-state index in [0.717, 1.165) is 38.5 Å². The fourth-order valence-electron chi connectivity index (χ4n) is 16.5. The van der Waals surface area contributed by atoms with Gasteiger partial charge in [-0.15, -0.1) is 0 Å². The summed E-state index contributed by atoms with van der Waals surface area (Å²) in [6, 6.07) is -0.990. The minimum atomic E-state index is -1.98. The number of carbonyl (C=O) groups is 1. The highest BCUT2D eigenvalue weighted by atomic mass is 16.8. The molecule has 3 aliphatic rings. The van der Waals surface area contributed by atoms with E-state index in [1.165, 1.54) is 360 Å². The van der Waals surface area contributed by atoms with Gasteiger partial charge in [-0.1, -0.05) is 417 Å². The van der Waals surface area contributed by atoms with E-state index in [2.05, 4.69) is 31.3 Å². The molecule has 1 amide bonds. The summed E-state index contributed by atoms with van der Waals surface area (Å²) in [7, 11) is 0. The number of hydrogen-bond acceptors (Lipinski definition) is 18. The third-order valence-electron chi connectivity index (χ3n) is 24.0. The van der Waals surface area contributed by atoms with E-state index in [9.17, 15) is 61.0 Å². The predicted molar refractivity (Wildman–Crippen MR) is 453 cm³/mol. The van der Waals surface area contributed by atoms with Gasteiger partial charge in [-0.05, 0) is 32.1 Å². The molecule has 0 saturated carbocycles. The van der Waals surface area contributed by atoms with Gasteiger partial charge in [0, 0.05) is 6.42 Å². The summed E-state index contributed by atoms with van der Waals surface area (Å²) in [4.78, 5) is 13.5. The molecule has 0 radical (unpaired) electrons. The highest BCUT2D eigenvalue weighted by Crippen LogP contribution is 2.34. The third kappa shape index (κ3) is 51.0. The topological polar surface area (TPSA) is 307 Å². The second-order valence-corrected chi connectivity index (χ2v) is 34.2. The molecule has 3 rings (SSSR count). The highest BCUT2D eigenvalue weighted by molar-refractivity contribution is 5.76. The van der Waals surface area contributed by atoms with Gasteiger partial charge in [0.05, 0.1) is 38.6 Å². The van der Waals surface area contributed by atoms with Gasteiger partial charge in [-0.3, -0.25) is 4.79 Å². The third-order valence-corrected chi connectivity index (χ3v) is 24.0. The van der Waals surface area contributed by atoms with Crippen molar-refractivity contribution in [2.45, 2.75) is 535 Å². The molecular weight excluding hydrogens is 1420 g/mol. The van der Waals surface area contributed by atoms with E-state index < -0.39 is 124 Å². The zero-order valence-corrected chi connectivity index (χ0v) is 71.7. The summed E-state index contributed by atoms with van der Waals surface area (Å²) in [5.41, 5.74) is 0. The lowest BCUT2D eigenvalue weighted by Gasteiger charge is -2.48. The zero-order chi connectivity index (χ0) is 81.0. The number of hydrogen-bond donors (Lipinski definition) is 12. The molecule has 0 bridgehead atoms. The van der Waals surface area contributed by atoms with Crippen LogP contribution in [0.5, 0.6) is 0 Å². The van der Waals surface area contributed by atoms with Crippen molar-refractivity contribution in [1.82, 2.24) is 5.32 Å². The Labute approximate surface area is 683 Å². The van der Waals surface area contributed by atoms with Crippen molar-refractivity contribution in [3.8, 4) is 0 Å². The van der Waals surface area contributed by atoms with Crippen molar-refractivity contribution in [2.24, 2.45) is 0 Å². The van der Waals surface area contributed by atoms with Crippen LogP contribution in [-0.2, 0) is 33.2 Å². The summed E-state index contributed by atoms with van der Waals surface area (Å²) in [5, 5.41) is 121. The molecule has 3 heterocycles. The molecule has 12 N–H and O–H groups in total. The van der Waals surface area contributed by atoms with Gasteiger partial charge in [-0.25, -0.2) is 0 Å². The molecular formula is C93H177NO18. The van der Waals surface area contributed by atoms with E-state index >= 15 is 0 Å². The van der Waals surface area contributed by atoms with Crippen LogP contribution in [0.1, 0.15) is 431 Å². The second-order valence-electron chi connectivity index (χ2n) is 34.2. The average molecular weight is 1600 g/mol. The number of carbonyl (C=O) groups excluding carboxylic acids is 1. The van der Waals surface area contributed by atoms with Gasteiger partial charge < -0.3 is 89.9 Å². The molecule has 19 nitrogen and oxygen atoms in total. The van der Waals surface area contributed by atoms with Crippen LogP contribution in [0.2, 0.25) is 0 Å². The molecule has 3 aliphatic heterocycles. The van der Waals surface area contributed by atoms with Crippen molar-refractivity contribution in [3.63, 3.8) is 0 Å². The van der Waals surface area contributed by atoms with Crippen molar-refractivity contribution < 1.29 is 89.4 Å². The molecule has 17 unspecified atom stereocenters. The number of ether oxygens (including phenoxy) is 6. The fraction of sp³-hybridized carbons (Fsp3) is 0.946. The summed E-state index contributed by atoms with van der Waals surface area (Å²) in [6.45, 7) is 1.80. The Bertz CT molecular complexity index is 2110. The van der Waals surface area contributed by atoms with E-state index in [-0.39, 0.29) is 18.9 Å². The number of nitrogens with one attached hydrogen (secondary N) is 1. The van der Waals surface area contributed by atoms with Crippen molar-refractivity contribution in [3.05, 3.63) is 24.3 Å². The smallest absolute Gasteiger partial charge is 0.220 e. The number of aliphatic hydroxyl groups is 11. The van der Waals surface area contributed by atoms with Crippen LogP contribution in [-0.4, -0.2) is 193 Å². The molecule has 17 atom stereocenters. The quantitative estimate of drug-likeness (QED) is 0.0199. The van der Waals surface area contributed by atoms with Crippen LogP contribution in [0, 0.1) is 0 Å². The molecule has 662 valence electrons. The predicted octanol–water partition coefficient (Wildman–Crippen LogP) is 18.8. The lowest BCUT2D eigenvalue weighted by atomic mass is 9.96. The first kappa shape index (κ1) is 104. The molecule has 0 aromatic carbocycles. The molecule has 0 aromatic rings. The van der Waals surface area contributed by atoms with Crippen LogP contribution in [0.25, 0.3) is 0 Å². The molecule has 112 heavy (non-hydrogen) atoms. The van der Waals surface area contributed by atoms with Crippen LogP contribution in [0.15, 0.2) is 24.3 Å². The second kappa shape index (κ2) is 73.2. The number of aliphatic hydroxyl groups excluding tert-OH is 11. The summed E-state index contributed by atoms with van der Waals surface area (Å²) >= 11 is 0. The van der Waals surface area contributed by atoms with Gasteiger partial charge in [0.25, 0.3) is 0 Å². The molecule has 0 aromatic heterocycles. The highest BCUT2D eigenvalue weighted by Gasteiger charge is 2.54. The Morgan fingerprint density at radius 1 is 0.312 bits per heavy atom. The molecule has 19 heteroatoms. The standard InChI is InChI=1S/C93H177NO18/c1-3-5-7-9-11-13-15-17-19-21-23-25-27-29-31-33-35-36-37-38-39-40-41-43-45-47-49-51-53-55-57-59-61-63-65-67-69-71-81(99)94-76(77(98)70-68-66-64-62-60-58-56-54-52-50-48-46-44-42-34-32-30-28-26-24-22-20-18-16-14-12-10-8-6-4-2)75-107-91-87(105)84(102)89(79(73-96)109-91)112-93-88(106)85(103)90(80(74-97)110-93)111-92-86(104)83(101)82(100)78(72-95)108-92/h60,62,68,70,76-80,82-93,95-98,100-106H,3-59,61,63-67,69,71-75H2,1-2H3,(H,94,99)/b62-60+,70-68+. The molecule has 0 aliphatic carbocycles. The lowest BCUT2D eigenvalue weighted by molar-refractivity contribution is -0.379. The van der Waals surface area contributed by atoms with Crippen LogP contribution in [0.3, 0.4) is 0 Å². The minimum absolute atomic E-state index is 0.242. The van der Waals surface area contributed by atoms with Crippen LogP contribution < -0.4 is 5.32 Å². The van der Waals surface area contributed by atoms with Gasteiger partial charge in [-0.2, -0.15) is 0 Å². The van der Waals surface area contributed by atoms with E-state index in [0.29, 0.717) is 12.8 Å². The number of allylic oxidation sites excluding steroid dienone is 3. The van der Waals surface area contributed by atoms with Crippen molar-refractivity contribution in [1.29, 1.82) is 0 Å². The van der Waals surface area contributed by atoms with Gasteiger partial charge >= 0.3 is 0 Å². The largest absolute Gasteiger partial charge is 0.394 e.